The van der Waals surface area contributed by atoms with Crippen molar-refractivity contribution in [2.45, 2.75) is 0 Å². The Bertz CT molecular complexity index is 341. The lowest BCUT2D eigenvalue weighted by atomic mass is 10.3. The standard InChI is InChI=1S/C9H10ClNO3/c1-13-6-3-4-8(7(10)5-6)11-9(12)14-2/h3-5H,1-2H3,(H,11,12). The van der Waals surface area contributed by atoms with Crippen LogP contribution in [0.1, 0.15) is 0 Å². The fourth-order valence-electron chi connectivity index (χ4n) is 0.885. The van der Waals surface area contributed by atoms with E-state index in [4.69, 9.17) is 16.3 Å². The minimum absolute atomic E-state index is 0.398. The maximum Gasteiger partial charge on any atom is 0.411 e. The van der Waals surface area contributed by atoms with Gasteiger partial charge in [-0.25, -0.2) is 4.79 Å². The normalized spacial score (nSPS) is 9.36. The molecule has 0 saturated heterocycles. The van der Waals surface area contributed by atoms with Crippen LogP contribution in [0.2, 0.25) is 5.02 Å². The van der Waals surface area contributed by atoms with E-state index in [-0.39, 0.29) is 0 Å². The van der Waals surface area contributed by atoms with Crippen molar-refractivity contribution in [2.75, 3.05) is 19.5 Å². The summed E-state index contributed by atoms with van der Waals surface area (Å²) < 4.78 is 9.38. The van der Waals surface area contributed by atoms with Crippen LogP contribution in [0.15, 0.2) is 18.2 Å². The quantitative estimate of drug-likeness (QED) is 0.825. The monoisotopic (exact) mass is 215 g/mol. The van der Waals surface area contributed by atoms with Gasteiger partial charge >= 0.3 is 6.09 Å². The summed E-state index contributed by atoms with van der Waals surface area (Å²) in [5.41, 5.74) is 0.485. The van der Waals surface area contributed by atoms with Crippen LogP contribution in [0.5, 0.6) is 5.75 Å². The lowest BCUT2D eigenvalue weighted by molar-refractivity contribution is 0.187. The van der Waals surface area contributed by atoms with Crippen LogP contribution in [-0.4, -0.2) is 20.3 Å². The third kappa shape index (κ3) is 2.53. The van der Waals surface area contributed by atoms with Crippen molar-refractivity contribution in [1.82, 2.24) is 0 Å². The van der Waals surface area contributed by atoms with Crippen LogP contribution in [-0.2, 0) is 4.74 Å². The van der Waals surface area contributed by atoms with Gasteiger partial charge in [0.05, 0.1) is 24.9 Å². The maximum absolute atomic E-state index is 10.9. The third-order valence-corrected chi connectivity index (χ3v) is 1.91. The molecule has 1 aromatic carbocycles. The van der Waals surface area contributed by atoms with Gasteiger partial charge in [-0.05, 0) is 12.1 Å². The molecule has 0 atom stereocenters. The van der Waals surface area contributed by atoms with E-state index in [2.05, 4.69) is 10.1 Å². The summed E-state index contributed by atoms with van der Waals surface area (Å²) in [5.74, 6) is 0.630. The largest absolute Gasteiger partial charge is 0.497 e. The molecule has 0 unspecified atom stereocenters. The molecule has 0 radical (unpaired) electrons. The first-order valence-corrected chi connectivity index (χ1v) is 4.23. The van der Waals surface area contributed by atoms with Gasteiger partial charge in [-0.15, -0.1) is 0 Å². The molecular formula is C9H10ClNO3. The number of benzene rings is 1. The molecule has 0 spiro atoms. The van der Waals surface area contributed by atoms with Crippen molar-refractivity contribution in [2.24, 2.45) is 0 Å². The van der Waals surface area contributed by atoms with Crippen molar-refractivity contribution < 1.29 is 14.3 Å². The van der Waals surface area contributed by atoms with Gasteiger partial charge in [-0.1, -0.05) is 11.6 Å². The fourth-order valence-corrected chi connectivity index (χ4v) is 1.10. The molecule has 0 aliphatic carbocycles. The predicted octanol–water partition coefficient (Wildman–Crippen LogP) is 2.53. The Morgan fingerprint density at radius 2 is 2.14 bits per heavy atom. The molecule has 4 nitrogen and oxygen atoms in total. The third-order valence-electron chi connectivity index (χ3n) is 1.60. The minimum atomic E-state index is -0.558. The van der Waals surface area contributed by atoms with Crippen LogP contribution in [0.25, 0.3) is 0 Å². The van der Waals surface area contributed by atoms with Crippen LogP contribution >= 0.6 is 11.6 Å². The fraction of sp³-hybridized carbons (Fsp3) is 0.222. The molecular weight excluding hydrogens is 206 g/mol. The molecule has 0 fully saturated rings. The Hall–Kier alpha value is -1.42. The first kappa shape index (κ1) is 10.7. The summed E-state index contributed by atoms with van der Waals surface area (Å²) in [4.78, 5) is 10.9. The Morgan fingerprint density at radius 1 is 1.43 bits per heavy atom. The topological polar surface area (TPSA) is 47.6 Å². The summed E-state index contributed by atoms with van der Waals surface area (Å²) in [6, 6.07) is 4.93. The van der Waals surface area contributed by atoms with Gasteiger partial charge in [0.25, 0.3) is 0 Å². The number of carbonyl (C=O) groups is 1. The van der Waals surface area contributed by atoms with E-state index in [9.17, 15) is 4.79 Å². The Balaban J connectivity index is 2.83. The Morgan fingerprint density at radius 3 is 2.64 bits per heavy atom. The van der Waals surface area contributed by atoms with Crippen LogP contribution < -0.4 is 10.1 Å². The molecule has 0 aliphatic rings. The number of hydrogen-bond acceptors (Lipinski definition) is 3. The van der Waals surface area contributed by atoms with E-state index in [0.29, 0.717) is 16.5 Å². The minimum Gasteiger partial charge on any atom is -0.497 e. The summed E-state index contributed by atoms with van der Waals surface area (Å²) in [6.07, 6.45) is -0.558. The Kier molecular flexibility index (Phi) is 3.59. The van der Waals surface area contributed by atoms with Gasteiger partial charge in [0, 0.05) is 6.07 Å². The average Bonchev–Trinajstić information content (AvgIpc) is 2.20. The van der Waals surface area contributed by atoms with Crippen molar-refractivity contribution in [3.05, 3.63) is 23.2 Å². The number of hydrogen-bond donors (Lipinski definition) is 1. The molecule has 1 aromatic rings. The number of rotatable bonds is 2. The first-order chi connectivity index (χ1) is 6.67. The van der Waals surface area contributed by atoms with Gasteiger partial charge in [0.15, 0.2) is 0 Å². The second kappa shape index (κ2) is 4.72. The van der Waals surface area contributed by atoms with Crippen molar-refractivity contribution in [3.63, 3.8) is 0 Å². The van der Waals surface area contributed by atoms with Crippen LogP contribution in [0.4, 0.5) is 10.5 Å². The van der Waals surface area contributed by atoms with Crippen LogP contribution in [0, 0.1) is 0 Å². The number of anilines is 1. The smallest absolute Gasteiger partial charge is 0.411 e. The highest BCUT2D eigenvalue weighted by molar-refractivity contribution is 6.33. The SMILES string of the molecule is COC(=O)Nc1ccc(OC)cc1Cl. The van der Waals surface area contributed by atoms with E-state index in [1.165, 1.54) is 7.11 Å². The number of amides is 1. The highest BCUT2D eigenvalue weighted by atomic mass is 35.5. The number of nitrogens with one attached hydrogen (secondary N) is 1. The number of methoxy groups -OCH3 is 2. The zero-order valence-electron chi connectivity index (χ0n) is 7.83. The summed E-state index contributed by atoms with van der Waals surface area (Å²) in [5, 5.41) is 2.86. The van der Waals surface area contributed by atoms with Gasteiger partial charge in [0.2, 0.25) is 0 Å². The van der Waals surface area contributed by atoms with Crippen molar-refractivity contribution in [3.8, 4) is 5.75 Å². The molecule has 0 aliphatic heterocycles. The van der Waals surface area contributed by atoms with E-state index in [1.807, 2.05) is 0 Å². The number of ether oxygens (including phenoxy) is 2. The van der Waals surface area contributed by atoms with Gasteiger partial charge in [-0.2, -0.15) is 0 Å². The summed E-state index contributed by atoms with van der Waals surface area (Å²) in [6.45, 7) is 0. The average molecular weight is 216 g/mol. The molecule has 0 heterocycles. The number of halogens is 1. The molecule has 1 rings (SSSR count). The van der Waals surface area contributed by atoms with Crippen molar-refractivity contribution in [1.29, 1.82) is 0 Å². The van der Waals surface area contributed by atoms with Gasteiger partial charge < -0.3 is 9.47 Å². The maximum atomic E-state index is 10.9. The lowest BCUT2D eigenvalue weighted by Gasteiger charge is -2.07. The molecule has 76 valence electrons. The second-order valence-electron chi connectivity index (χ2n) is 2.46. The van der Waals surface area contributed by atoms with Gasteiger partial charge in [-0.3, -0.25) is 5.32 Å². The van der Waals surface area contributed by atoms with Crippen LogP contribution in [0.3, 0.4) is 0 Å². The second-order valence-corrected chi connectivity index (χ2v) is 2.87. The molecule has 0 aromatic heterocycles. The zero-order valence-corrected chi connectivity index (χ0v) is 8.59. The molecule has 0 bridgehead atoms. The van der Waals surface area contributed by atoms with E-state index in [1.54, 1.807) is 25.3 Å². The summed E-state index contributed by atoms with van der Waals surface area (Å²) >= 11 is 5.86. The Labute approximate surface area is 86.8 Å². The van der Waals surface area contributed by atoms with E-state index < -0.39 is 6.09 Å². The first-order valence-electron chi connectivity index (χ1n) is 3.86. The van der Waals surface area contributed by atoms with E-state index >= 15 is 0 Å². The highest BCUT2D eigenvalue weighted by Gasteiger charge is 2.05. The van der Waals surface area contributed by atoms with Crippen molar-refractivity contribution >= 4 is 23.4 Å². The number of carbonyl (C=O) groups excluding carboxylic acids is 1. The predicted molar refractivity (Wildman–Crippen MR) is 54.0 cm³/mol. The molecule has 1 amide bonds. The molecule has 14 heavy (non-hydrogen) atoms. The molecule has 0 saturated carbocycles. The zero-order chi connectivity index (χ0) is 10.6. The highest BCUT2D eigenvalue weighted by Crippen LogP contribution is 2.26. The molecule has 5 heteroatoms. The van der Waals surface area contributed by atoms with Gasteiger partial charge in [0.1, 0.15) is 5.75 Å². The summed E-state index contributed by atoms with van der Waals surface area (Å²) in [7, 11) is 2.83. The van der Waals surface area contributed by atoms with E-state index in [0.717, 1.165) is 0 Å². The lowest BCUT2D eigenvalue weighted by Crippen LogP contribution is -2.11. The molecule has 1 N–H and O–H groups in total.